The zero-order chi connectivity index (χ0) is 14.4. The van der Waals surface area contributed by atoms with Crippen molar-refractivity contribution in [1.29, 1.82) is 0 Å². The van der Waals surface area contributed by atoms with Crippen LogP contribution in [0, 0.1) is 10.1 Å². The highest BCUT2D eigenvalue weighted by molar-refractivity contribution is 5.76. The smallest absolute Gasteiger partial charge is 0.307 e. The summed E-state index contributed by atoms with van der Waals surface area (Å²) in [4.78, 5) is 33.5. The average molecular weight is 270 g/mol. The van der Waals surface area contributed by atoms with Crippen LogP contribution < -0.4 is 0 Å². The Kier molecular flexibility index (Phi) is 4.98. The van der Waals surface area contributed by atoms with Gasteiger partial charge in [0.15, 0.2) is 0 Å². The lowest BCUT2D eigenvalue weighted by Crippen LogP contribution is -2.35. The molecule has 0 bridgehead atoms. The van der Waals surface area contributed by atoms with Crippen LogP contribution in [0.1, 0.15) is 13.3 Å². The fourth-order valence-corrected chi connectivity index (χ4v) is 1.46. The Morgan fingerprint density at radius 3 is 2.74 bits per heavy atom. The molecule has 0 saturated carbocycles. The molecule has 0 aliphatic heterocycles. The maximum Gasteiger partial charge on any atom is 0.307 e. The molecule has 1 aromatic rings. The minimum Gasteiger partial charge on any atom is -0.481 e. The summed E-state index contributed by atoms with van der Waals surface area (Å²) in [5, 5.41) is 22.7. The molecule has 0 aliphatic carbocycles. The van der Waals surface area contributed by atoms with E-state index in [0.717, 1.165) is 17.1 Å². The number of likely N-dealkylation sites (N-methyl/N-ethyl adjacent to an activating group) is 1. The minimum absolute atomic E-state index is 0.105. The SMILES string of the molecule is CCN(CCC(=O)O)C(=O)Cn1cc([N+](=O)[O-])cn1. The summed E-state index contributed by atoms with van der Waals surface area (Å²) in [7, 11) is 0. The predicted octanol–water partition coefficient (Wildman–Crippen LogP) is 0.114. The number of aromatic nitrogens is 2. The van der Waals surface area contributed by atoms with Crippen LogP contribution in [0.25, 0.3) is 0 Å². The Balaban J connectivity index is 2.60. The third-order valence-electron chi connectivity index (χ3n) is 2.46. The third kappa shape index (κ3) is 4.37. The fourth-order valence-electron chi connectivity index (χ4n) is 1.46. The van der Waals surface area contributed by atoms with E-state index in [1.807, 2.05) is 0 Å². The molecule has 0 spiro atoms. The van der Waals surface area contributed by atoms with Crippen LogP contribution in [0.5, 0.6) is 0 Å². The molecule has 0 aromatic carbocycles. The lowest BCUT2D eigenvalue weighted by molar-refractivity contribution is -0.385. The van der Waals surface area contributed by atoms with Crippen LogP contribution in [-0.4, -0.2) is 49.7 Å². The number of hydrogen-bond acceptors (Lipinski definition) is 5. The fraction of sp³-hybridized carbons (Fsp3) is 0.500. The van der Waals surface area contributed by atoms with Crippen molar-refractivity contribution in [2.75, 3.05) is 13.1 Å². The quantitative estimate of drug-likeness (QED) is 0.555. The minimum atomic E-state index is -0.985. The zero-order valence-corrected chi connectivity index (χ0v) is 10.4. The van der Waals surface area contributed by atoms with Crippen molar-refractivity contribution in [2.45, 2.75) is 19.9 Å². The second-order valence-electron chi connectivity index (χ2n) is 3.77. The molecule has 19 heavy (non-hydrogen) atoms. The molecule has 1 aromatic heterocycles. The molecule has 9 nitrogen and oxygen atoms in total. The maximum atomic E-state index is 11.8. The normalized spacial score (nSPS) is 10.2. The van der Waals surface area contributed by atoms with Gasteiger partial charge in [-0.25, -0.2) is 0 Å². The molecule has 9 heteroatoms. The number of carboxylic acid groups (broad SMARTS) is 1. The van der Waals surface area contributed by atoms with Crippen LogP contribution >= 0.6 is 0 Å². The summed E-state index contributed by atoms with van der Waals surface area (Å²) in [6, 6.07) is 0. The summed E-state index contributed by atoms with van der Waals surface area (Å²) >= 11 is 0. The molecule has 1 rings (SSSR count). The van der Waals surface area contributed by atoms with Crippen LogP contribution in [0.4, 0.5) is 5.69 Å². The second kappa shape index (κ2) is 6.47. The van der Waals surface area contributed by atoms with Crippen LogP contribution in [0.2, 0.25) is 0 Å². The van der Waals surface area contributed by atoms with Gasteiger partial charge >= 0.3 is 11.7 Å². The zero-order valence-electron chi connectivity index (χ0n) is 10.4. The lowest BCUT2D eigenvalue weighted by Gasteiger charge is -2.19. The number of nitrogens with zero attached hydrogens (tertiary/aromatic N) is 4. The molecule has 0 fully saturated rings. The number of amides is 1. The molecular weight excluding hydrogens is 256 g/mol. The first-order valence-corrected chi connectivity index (χ1v) is 5.60. The molecule has 0 radical (unpaired) electrons. The summed E-state index contributed by atoms with van der Waals surface area (Å²) < 4.78 is 1.16. The van der Waals surface area contributed by atoms with Gasteiger partial charge in [-0.15, -0.1) is 0 Å². The van der Waals surface area contributed by atoms with E-state index in [2.05, 4.69) is 5.10 Å². The molecule has 1 N–H and O–H groups in total. The van der Waals surface area contributed by atoms with Gasteiger partial charge in [-0.3, -0.25) is 24.4 Å². The summed E-state index contributed by atoms with van der Waals surface area (Å²) in [6.45, 7) is 2.05. The van der Waals surface area contributed by atoms with Gasteiger partial charge in [0.25, 0.3) is 0 Å². The van der Waals surface area contributed by atoms with E-state index in [-0.39, 0.29) is 31.1 Å². The Hall–Kier alpha value is -2.45. The second-order valence-corrected chi connectivity index (χ2v) is 3.77. The number of nitro groups is 1. The van der Waals surface area contributed by atoms with Gasteiger partial charge in [-0.05, 0) is 6.92 Å². The highest BCUT2D eigenvalue weighted by atomic mass is 16.6. The highest BCUT2D eigenvalue weighted by Crippen LogP contribution is 2.08. The molecule has 104 valence electrons. The largest absolute Gasteiger partial charge is 0.481 e. The van der Waals surface area contributed by atoms with Crippen molar-refractivity contribution in [3.63, 3.8) is 0 Å². The standard InChI is InChI=1S/C10H14N4O5/c1-2-12(4-3-10(16)17)9(15)7-13-6-8(5-11-13)14(18)19/h5-6H,2-4,7H2,1H3,(H,16,17). The summed E-state index contributed by atoms with van der Waals surface area (Å²) in [6.07, 6.45) is 2.07. The molecule has 1 amide bonds. The molecule has 0 saturated heterocycles. The Morgan fingerprint density at radius 1 is 1.58 bits per heavy atom. The molecule has 0 unspecified atom stereocenters. The topological polar surface area (TPSA) is 119 Å². The van der Waals surface area contributed by atoms with Crippen molar-refractivity contribution in [3.8, 4) is 0 Å². The maximum absolute atomic E-state index is 11.8. The number of hydrogen-bond donors (Lipinski definition) is 1. The molecular formula is C10H14N4O5. The van der Waals surface area contributed by atoms with Crippen molar-refractivity contribution in [2.24, 2.45) is 0 Å². The predicted molar refractivity (Wildman–Crippen MR) is 63.4 cm³/mol. The summed E-state index contributed by atoms with van der Waals surface area (Å²) in [5.41, 5.74) is -0.193. The van der Waals surface area contributed by atoms with Gasteiger partial charge in [0.1, 0.15) is 18.9 Å². The van der Waals surface area contributed by atoms with Crippen molar-refractivity contribution in [1.82, 2.24) is 14.7 Å². The van der Waals surface area contributed by atoms with Gasteiger partial charge in [0.05, 0.1) is 11.3 Å². The molecule has 0 aliphatic rings. The number of carboxylic acids is 1. The monoisotopic (exact) mass is 270 g/mol. The number of aliphatic carboxylic acids is 1. The Morgan fingerprint density at radius 2 is 2.26 bits per heavy atom. The number of rotatable bonds is 7. The molecule has 1 heterocycles. The first kappa shape index (κ1) is 14.6. The third-order valence-corrected chi connectivity index (χ3v) is 2.46. The average Bonchev–Trinajstić information content (AvgIpc) is 2.78. The summed E-state index contributed by atoms with van der Waals surface area (Å²) in [5.74, 6) is -1.32. The first-order valence-electron chi connectivity index (χ1n) is 5.60. The first-order chi connectivity index (χ1) is 8.93. The van der Waals surface area contributed by atoms with E-state index in [0.29, 0.717) is 6.54 Å². The number of carbonyl (C=O) groups is 2. The van der Waals surface area contributed by atoms with Gasteiger partial charge in [-0.2, -0.15) is 5.10 Å². The van der Waals surface area contributed by atoms with Gasteiger partial charge in [-0.1, -0.05) is 0 Å². The van der Waals surface area contributed by atoms with Crippen molar-refractivity contribution >= 4 is 17.6 Å². The van der Waals surface area contributed by atoms with Gasteiger partial charge in [0.2, 0.25) is 5.91 Å². The van der Waals surface area contributed by atoms with E-state index < -0.39 is 10.9 Å². The number of carbonyl (C=O) groups excluding carboxylic acids is 1. The van der Waals surface area contributed by atoms with Crippen LogP contribution in [0.15, 0.2) is 12.4 Å². The van der Waals surface area contributed by atoms with Crippen LogP contribution in [0.3, 0.4) is 0 Å². The van der Waals surface area contributed by atoms with E-state index in [1.165, 1.54) is 4.90 Å². The van der Waals surface area contributed by atoms with E-state index in [1.54, 1.807) is 6.92 Å². The van der Waals surface area contributed by atoms with E-state index in [4.69, 9.17) is 5.11 Å². The van der Waals surface area contributed by atoms with Gasteiger partial charge < -0.3 is 10.0 Å². The molecule has 0 atom stereocenters. The van der Waals surface area contributed by atoms with Crippen LogP contribution in [-0.2, 0) is 16.1 Å². The Labute approximate surface area is 108 Å². The lowest BCUT2D eigenvalue weighted by atomic mass is 10.3. The van der Waals surface area contributed by atoms with Crippen molar-refractivity contribution in [3.05, 3.63) is 22.5 Å². The van der Waals surface area contributed by atoms with Gasteiger partial charge in [0, 0.05) is 13.1 Å². The Bertz CT molecular complexity index is 484. The van der Waals surface area contributed by atoms with E-state index >= 15 is 0 Å². The highest BCUT2D eigenvalue weighted by Gasteiger charge is 2.16. The van der Waals surface area contributed by atoms with E-state index in [9.17, 15) is 19.7 Å². The van der Waals surface area contributed by atoms with Crippen molar-refractivity contribution < 1.29 is 19.6 Å².